The summed E-state index contributed by atoms with van der Waals surface area (Å²) < 4.78 is 1.74. The first-order valence-corrected chi connectivity index (χ1v) is 8.90. The zero-order valence-corrected chi connectivity index (χ0v) is 17.5. The summed E-state index contributed by atoms with van der Waals surface area (Å²) in [7, 11) is 1.86. The van der Waals surface area contributed by atoms with Crippen LogP contribution >= 0.6 is 24.8 Å². The van der Waals surface area contributed by atoms with Gasteiger partial charge in [-0.05, 0) is 45.0 Å². The quantitative estimate of drug-likeness (QED) is 0.701. The number of benzene rings is 1. The number of halogens is 2. The number of fused-ring (bicyclic) bond motifs is 1. The molecule has 3 heterocycles. The summed E-state index contributed by atoms with van der Waals surface area (Å²) in [6.45, 7) is 3.78. The van der Waals surface area contributed by atoms with Gasteiger partial charge in [-0.2, -0.15) is 0 Å². The third-order valence-corrected chi connectivity index (χ3v) is 5.16. The Morgan fingerprint density at radius 1 is 1.21 bits per heavy atom. The first-order valence-electron chi connectivity index (χ1n) is 8.90. The molecule has 0 radical (unpaired) electrons. The second kappa shape index (κ2) is 9.32. The van der Waals surface area contributed by atoms with Crippen LogP contribution in [0.5, 0.6) is 0 Å². The van der Waals surface area contributed by atoms with Crippen molar-refractivity contribution >= 4 is 41.5 Å². The molecule has 1 amide bonds. The van der Waals surface area contributed by atoms with Gasteiger partial charge in [0.25, 0.3) is 5.91 Å². The molecular formula is C19H24Cl2N6O. The molecule has 0 unspecified atom stereocenters. The molecule has 1 saturated heterocycles. The number of rotatable bonds is 3. The summed E-state index contributed by atoms with van der Waals surface area (Å²) in [4.78, 5) is 18.9. The number of hydrogen-bond acceptors (Lipinski definition) is 5. The molecule has 4 rings (SSSR count). The minimum absolute atomic E-state index is 0. The van der Waals surface area contributed by atoms with Crippen molar-refractivity contribution in [1.82, 2.24) is 30.2 Å². The predicted octanol–water partition coefficient (Wildman–Crippen LogP) is 2.79. The second-order valence-corrected chi connectivity index (χ2v) is 6.71. The van der Waals surface area contributed by atoms with Gasteiger partial charge in [-0.3, -0.25) is 9.78 Å². The van der Waals surface area contributed by atoms with Gasteiger partial charge in [-0.1, -0.05) is 17.3 Å². The number of pyridine rings is 1. The van der Waals surface area contributed by atoms with Crippen LogP contribution in [-0.4, -0.2) is 57.0 Å². The van der Waals surface area contributed by atoms with Gasteiger partial charge in [0.05, 0.1) is 11.4 Å². The van der Waals surface area contributed by atoms with Crippen molar-refractivity contribution in [3.63, 3.8) is 0 Å². The van der Waals surface area contributed by atoms with E-state index in [1.54, 1.807) is 10.9 Å². The molecular weight excluding hydrogens is 399 g/mol. The number of hydrogen-bond donors (Lipinski definition) is 1. The van der Waals surface area contributed by atoms with Gasteiger partial charge in [0.2, 0.25) is 0 Å². The van der Waals surface area contributed by atoms with Crippen molar-refractivity contribution < 1.29 is 4.79 Å². The SMILES string of the molecule is Cc1c(C(=O)N(C)C2CCNCC2)nnn1-c1cccc2cnccc12.Cl.Cl. The second-order valence-electron chi connectivity index (χ2n) is 6.71. The van der Waals surface area contributed by atoms with Crippen LogP contribution in [0, 0.1) is 6.92 Å². The van der Waals surface area contributed by atoms with Gasteiger partial charge in [0.15, 0.2) is 5.69 Å². The lowest BCUT2D eigenvalue weighted by Crippen LogP contribution is -2.44. The molecule has 3 aromatic rings. The lowest BCUT2D eigenvalue weighted by molar-refractivity contribution is 0.0696. The number of piperidine rings is 1. The van der Waals surface area contributed by atoms with E-state index in [1.165, 1.54) is 0 Å². The summed E-state index contributed by atoms with van der Waals surface area (Å²) in [5.41, 5.74) is 2.07. The zero-order valence-electron chi connectivity index (χ0n) is 15.8. The monoisotopic (exact) mass is 422 g/mol. The maximum absolute atomic E-state index is 13.0. The van der Waals surface area contributed by atoms with Crippen LogP contribution in [0.25, 0.3) is 16.5 Å². The van der Waals surface area contributed by atoms with Gasteiger partial charge in [-0.15, -0.1) is 29.9 Å². The Kier molecular flexibility index (Phi) is 7.35. The number of carbonyl (C=O) groups excluding carboxylic acids is 1. The van der Waals surface area contributed by atoms with Crippen molar-refractivity contribution in [1.29, 1.82) is 0 Å². The Hall–Kier alpha value is -2.22. The van der Waals surface area contributed by atoms with E-state index < -0.39 is 0 Å². The molecule has 0 spiro atoms. The van der Waals surface area contributed by atoms with Gasteiger partial charge in [-0.25, -0.2) is 4.68 Å². The molecule has 9 heteroatoms. The average molecular weight is 423 g/mol. The molecule has 0 aliphatic carbocycles. The van der Waals surface area contributed by atoms with Crippen LogP contribution in [-0.2, 0) is 0 Å². The van der Waals surface area contributed by atoms with Crippen LogP contribution in [0.1, 0.15) is 29.0 Å². The Morgan fingerprint density at radius 3 is 2.71 bits per heavy atom. The van der Waals surface area contributed by atoms with Gasteiger partial charge < -0.3 is 10.2 Å². The molecule has 1 aromatic carbocycles. The Morgan fingerprint density at radius 2 is 1.96 bits per heavy atom. The van der Waals surface area contributed by atoms with E-state index in [9.17, 15) is 4.79 Å². The molecule has 1 fully saturated rings. The minimum atomic E-state index is -0.0671. The molecule has 7 nitrogen and oxygen atoms in total. The summed E-state index contributed by atoms with van der Waals surface area (Å²) in [5, 5.41) is 13.9. The zero-order chi connectivity index (χ0) is 18.1. The maximum atomic E-state index is 13.0. The summed E-state index contributed by atoms with van der Waals surface area (Å²) in [5.74, 6) is -0.0671. The van der Waals surface area contributed by atoms with Crippen molar-refractivity contribution in [2.24, 2.45) is 0 Å². The Bertz CT molecular complexity index is 949. The normalized spacial score (nSPS) is 14.2. The lowest BCUT2D eigenvalue weighted by Gasteiger charge is -2.31. The fraction of sp³-hybridized carbons (Fsp3) is 0.368. The third-order valence-electron chi connectivity index (χ3n) is 5.16. The van der Waals surface area contributed by atoms with Gasteiger partial charge in [0, 0.05) is 36.3 Å². The molecule has 0 bridgehead atoms. The molecule has 1 aliphatic heterocycles. The molecule has 150 valence electrons. The smallest absolute Gasteiger partial charge is 0.276 e. The lowest BCUT2D eigenvalue weighted by atomic mass is 10.0. The van der Waals surface area contributed by atoms with E-state index in [0.717, 1.165) is 48.1 Å². The molecule has 0 saturated carbocycles. The van der Waals surface area contributed by atoms with E-state index in [2.05, 4.69) is 20.6 Å². The summed E-state index contributed by atoms with van der Waals surface area (Å²) >= 11 is 0. The Balaban J connectivity index is 0.00000140. The van der Waals surface area contributed by atoms with E-state index >= 15 is 0 Å². The number of amides is 1. The summed E-state index contributed by atoms with van der Waals surface area (Å²) in [6.07, 6.45) is 5.51. The highest BCUT2D eigenvalue weighted by Crippen LogP contribution is 2.23. The molecule has 1 N–H and O–H groups in total. The number of aromatic nitrogens is 4. The first-order chi connectivity index (χ1) is 12.7. The third kappa shape index (κ3) is 3.97. The van der Waals surface area contributed by atoms with Crippen LogP contribution in [0.15, 0.2) is 36.7 Å². The van der Waals surface area contributed by atoms with Crippen LogP contribution in [0.4, 0.5) is 0 Å². The number of nitrogens with one attached hydrogen (secondary N) is 1. The fourth-order valence-corrected chi connectivity index (χ4v) is 3.57. The van der Waals surface area contributed by atoms with Crippen molar-refractivity contribution in [3.05, 3.63) is 48.0 Å². The van der Waals surface area contributed by atoms with Crippen molar-refractivity contribution in [2.45, 2.75) is 25.8 Å². The fourth-order valence-electron chi connectivity index (χ4n) is 3.57. The summed E-state index contributed by atoms with van der Waals surface area (Å²) in [6, 6.07) is 8.15. The number of nitrogens with zero attached hydrogens (tertiary/aromatic N) is 5. The first kappa shape index (κ1) is 22.1. The van der Waals surface area contributed by atoms with E-state index in [1.807, 2.05) is 49.3 Å². The highest BCUT2D eigenvalue weighted by atomic mass is 35.5. The molecule has 0 atom stereocenters. The van der Waals surface area contributed by atoms with Crippen LogP contribution in [0.3, 0.4) is 0 Å². The van der Waals surface area contributed by atoms with Crippen LogP contribution in [0.2, 0.25) is 0 Å². The molecule has 2 aromatic heterocycles. The van der Waals surface area contributed by atoms with E-state index in [-0.39, 0.29) is 36.8 Å². The number of carbonyl (C=O) groups is 1. The van der Waals surface area contributed by atoms with Gasteiger partial charge in [0.1, 0.15) is 0 Å². The average Bonchev–Trinajstić information content (AvgIpc) is 3.08. The molecule has 1 aliphatic rings. The highest BCUT2D eigenvalue weighted by Gasteiger charge is 2.27. The van der Waals surface area contributed by atoms with Crippen molar-refractivity contribution in [3.8, 4) is 5.69 Å². The largest absolute Gasteiger partial charge is 0.337 e. The van der Waals surface area contributed by atoms with Crippen molar-refractivity contribution in [2.75, 3.05) is 20.1 Å². The van der Waals surface area contributed by atoms with E-state index in [0.29, 0.717) is 5.69 Å². The van der Waals surface area contributed by atoms with Gasteiger partial charge >= 0.3 is 0 Å². The maximum Gasteiger partial charge on any atom is 0.276 e. The minimum Gasteiger partial charge on any atom is -0.337 e. The van der Waals surface area contributed by atoms with Crippen LogP contribution < -0.4 is 5.32 Å². The standard InChI is InChI=1S/C19H22N6O.2ClH/c1-13-18(19(26)24(2)15-6-9-20-10-7-15)22-23-25(13)17-5-3-4-14-12-21-11-8-16(14)17;;/h3-5,8,11-12,15,20H,6-7,9-10H2,1-2H3;2*1H. The molecule has 28 heavy (non-hydrogen) atoms. The highest BCUT2D eigenvalue weighted by molar-refractivity contribution is 5.94. The predicted molar refractivity (Wildman–Crippen MR) is 114 cm³/mol. The Labute approximate surface area is 176 Å². The topological polar surface area (TPSA) is 75.9 Å². The van der Waals surface area contributed by atoms with E-state index in [4.69, 9.17) is 0 Å².